The second kappa shape index (κ2) is 6.55. The standard InChI is InChI=1S/C19H17FN2O3/c20-13-5-3-4-12(10-13)16-11-18(25-22-16)19(23)21-15-8-9-24-17-7-2-1-6-14(15)17/h1-7,10,15,18H,8-9,11H2,(H,21,23). The third-order valence-corrected chi connectivity index (χ3v) is 4.39. The molecule has 128 valence electrons. The molecular weight excluding hydrogens is 323 g/mol. The molecule has 0 fully saturated rings. The van der Waals surface area contributed by atoms with Gasteiger partial charge in [-0.3, -0.25) is 4.79 Å². The van der Waals surface area contributed by atoms with Gasteiger partial charge in [-0.1, -0.05) is 35.5 Å². The van der Waals surface area contributed by atoms with Crippen LogP contribution < -0.4 is 10.1 Å². The van der Waals surface area contributed by atoms with Crippen LogP contribution in [0.1, 0.15) is 30.0 Å². The topological polar surface area (TPSA) is 59.9 Å². The SMILES string of the molecule is O=C(NC1CCOc2ccccc21)C1CC(c2cccc(F)c2)=NO1. The summed E-state index contributed by atoms with van der Waals surface area (Å²) in [6.07, 6.45) is 0.320. The number of hydrogen-bond donors (Lipinski definition) is 1. The van der Waals surface area contributed by atoms with Gasteiger partial charge in [0.1, 0.15) is 11.6 Å². The Balaban J connectivity index is 1.42. The quantitative estimate of drug-likeness (QED) is 0.934. The van der Waals surface area contributed by atoms with Crippen molar-refractivity contribution in [2.75, 3.05) is 6.61 Å². The number of benzene rings is 2. The van der Waals surface area contributed by atoms with Gasteiger partial charge in [-0.2, -0.15) is 0 Å². The van der Waals surface area contributed by atoms with Gasteiger partial charge in [0.15, 0.2) is 0 Å². The first kappa shape index (κ1) is 15.6. The molecule has 0 aliphatic carbocycles. The highest BCUT2D eigenvalue weighted by atomic mass is 19.1. The molecule has 0 aromatic heterocycles. The van der Waals surface area contributed by atoms with Gasteiger partial charge in [0.2, 0.25) is 6.10 Å². The summed E-state index contributed by atoms with van der Waals surface area (Å²) in [6.45, 7) is 0.554. The van der Waals surface area contributed by atoms with Crippen LogP contribution >= 0.6 is 0 Å². The summed E-state index contributed by atoms with van der Waals surface area (Å²) in [4.78, 5) is 17.8. The number of fused-ring (bicyclic) bond motifs is 1. The van der Waals surface area contributed by atoms with E-state index in [1.54, 1.807) is 12.1 Å². The van der Waals surface area contributed by atoms with Crippen LogP contribution in [0.4, 0.5) is 4.39 Å². The van der Waals surface area contributed by atoms with Crippen LogP contribution in [-0.2, 0) is 9.63 Å². The van der Waals surface area contributed by atoms with E-state index in [0.29, 0.717) is 30.7 Å². The van der Waals surface area contributed by atoms with Crippen LogP contribution in [0.25, 0.3) is 0 Å². The van der Waals surface area contributed by atoms with Crippen LogP contribution in [0.3, 0.4) is 0 Å². The van der Waals surface area contributed by atoms with Crippen LogP contribution in [0.15, 0.2) is 53.7 Å². The molecule has 1 amide bonds. The number of carbonyl (C=O) groups excluding carboxylic acids is 1. The molecule has 0 spiro atoms. The Morgan fingerprint density at radius 2 is 2.08 bits per heavy atom. The van der Waals surface area contributed by atoms with Gasteiger partial charge in [-0.05, 0) is 18.2 Å². The van der Waals surface area contributed by atoms with E-state index in [9.17, 15) is 9.18 Å². The summed E-state index contributed by atoms with van der Waals surface area (Å²) in [5, 5.41) is 6.96. The lowest BCUT2D eigenvalue weighted by Gasteiger charge is -2.27. The Hall–Kier alpha value is -2.89. The van der Waals surface area contributed by atoms with Crippen molar-refractivity contribution in [1.29, 1.82) is 0 Å². The van der Waals surface area contributed by atoms with Gasteiger partial charge >= 0.3 is 0 Å². The number of rotatable bonds is 3. The minimum absolute atomic E-state index is 0.112. The smallest absolute Gasteiger partial charge is 0.264 e. The normalized spacial score (nSPS) is 21.6. The molecule has 5 nitrogen and oxygen atoms in total. The fraction of sp³-hybridized carbons (Fsp3) is 0.263. The lowest BCUT2D eigenvalue weighted by molar-refractivity contribution is -0.132. The first-order valence-electron chi connectivity index (χ1n) is 8.21. The van der Waals surface area contributed by atoms with Gasteiger partial charge in [0, 0.05) is 24.0 Å². The Kier molecular flexibility index (Phi) is 4.09. The minimum Gasteiger partial charge on any atom is -0.493 e. The molecule has 2 aliphatic rings. The molecule has 0 bridgehead atoms. The van der Waals surface area contributed by atoms with E-state index in [4.69, 9.17) is 9.57 Å². The largest absolute Gasteiger partial charge is 0.493 e. The number of halogens is 1. The highest BCUT2D eigenvalue weighted by Crippen LogP contribution is 2.31. The van der Waals surface area contributed by atoms with Crippen molar-refractivity contribution in [1.82, 2.24) is 5.32 Å². The number of oxime groups is 1. The molecule has 2 aromatic rings. The van der Waals surface area contributed by atoms with Gasteiger partial charge in [0.25, 0.3) is 5.91 Å². The van der Waals surface area contributed by atoms with Crippen molar-refractivity contribution in [3.8, 4) is 5.75 Å². The van der Waals surface area contributed by atoms with E-state index in [0.717, 1.165) is 11.3 Å². The molecular formula is C19H17FN2O3. The average molecular weight is 340 g/mol. The van der Waals surface area contributed by atoms with Crippen LogP contribution in [0, 0.1) is 5.82 Å². The number of hydrogen-bond acceptors (Lipinski definition) is 4. The maximum Gasteiger partial charge on any atom is 0.264 e. The number of amides is 1. The van der Waals surface area contributed by atoms with Crippen molar-refractivity contribution in [2.45, 2.75) is 25.0 Å². The number of nitrogens with one attached hydrogen (secondary N) is 1. The molecule has 2 unspecified atom stereocenters. The van der Waals surface area contributed by atoms with Gasteiger partial charge in [0.05, 0.1) is 18.4 Å². The van der Waals surface area contributed by atoms with Gasteiger partial charge in [-0.15, -0.1) is 0 Å². The van der Waals surface area contributed by atoms with E-state index >= 15 is 0 Å². The molecule has 2 heterocycles. The second-order valence-electron chi connectivity index (χ2n) is 6.08. The summed E-state index contributed by atoms with van der Waals surface area (Å²) in [7, 11) is 0. The monoisotopic (exact) mass is 340 g/mol. The maximum absolute atomic E-state index is 13.3. The third kappa shape index (κ3) is 3.20. The predicted octanol–water partition coefficient (Wildman–Crippen LogP) is 2.96. The molecule has 0 saturated heterocycles. The Morgan fingerprint density at radius 3 is 2.96 bits per heavy atom. The molecule has 25 heavy (non-hydrogen) atoms. The molecule has 2 aliphatic heterocycles. The zero-order valence-corrected chi connectivity index (χ0v) is 13.4. The van der Waals surface area contributed by atoms with Crippen LogP contribution in [-0.4, -0.2) is 24.3 Å². The van der Waals surface area contributed by atoms with Crippen LogP contribution in [0.5, 0.6) is 5.75 Å². The Bertz CT molecular complexity index is 837. The van der Waals surface area contributed by atoms with Crippen molar-refractivity contribution in [3.05, 3.63) is 65.5 Å². The average Bonchev–Trinajstić information content (AvgIpc) is 3.12. The van der Waals surface area contributed by atoms with E-state index in [2.05, 4.69) is 10.5 Å². The zero-order valence-electron chi connectivity index (χ0n) is 13.4. The number of ether oxygens (including phenoxy) is 1. The minimum atomic E-state index is -0.701. The van der Waals surface area contributed by atoms with E-state index in [-0.39, 0.29) is 17.8 Å². The van der Waals surface area contributed by atoms with E-state index in [1.807, 2.05) is 24.3 Å². The molecule has 6 heteroatoms. The van der Waals surface area contributed by atoms with Gasteiger partial charge < -0.3 is 14.9 Å². The maximum atomic E-state index is 13.3. The second-order valence-corrected chi connectivity index (χ2v) is 6.08. The first-order chi connectivity index (χ1) is 12.2. The van der Waals surface area contributed by atoms with Crippen molar-refractivity contribution >= 4 is 11.6 Å². The fourth-order valence-corrected chi connectivity index (χ4v) is 3.11. The number of carbonyl (C=O) groups is 1. The highest BCUT2D eigenvalue weighted by Gasteiger charge is 2.32. The summed E-state index contributed by atoms with van der Waals surface area (Å²) >= 11 is 0. The highest BCUT2D eigenvalue weighted by molar-refractivity contribution is 6.04. The van der Waals surface area contributed by atoms with Crippen molar-refractivity contribution in [2.24, 2.45) is 5.16 Å². The number of para-hydroxylation sites is 1. The van der Waals surface area contributed by atoms with E-state index < -0.39 is 6.10 Å². The van der Waals surface area contributed by atoms with Crippen LogP contribution in [0.2, 0.25) is 0 Å². The Labute approximate surface area is 144 Å². The summed E-state index contributed by atoms with van der Waals surface area (Å²) in [6, 6.07) is 13.7. The van der Waals surface area contributed by atoms with Crippen molar-refractivity contribution in [3.63, 3.8) is 0 Å². The summed E-state index contributed by atoms with van der Waals surface area (Å²) in [5.74, 6) is 0.229. The van der Waals surface area contributed by atoms with Crippen molar-refractivity contribution < 1.29 is 18.8 Å². The fourth-order valence-electron chi connectivity index (χ4n) is 3.11. The molecule has 1 N–H and O–H groups in total. The third-order valence-electron chi connectivity index (χ3n) is 4.39. The molecule has 0 radical (unpaired) electrons. The lowest BCUT2D eigenvalue weighted by Crippen LogP contribution is -2.39. The summed E-state index contributed by atoms with van der Waals surface area (Å²) in [5.41, 5.74) is 2.17. The molecule has 4 rings (SSSR count). The Morgan fingerprint density at radius 1 is 1.20 bits per heavy atom. The number of nitrogens with zero attached hydrogens (tertiary/aromatic N) is 1. The molecule has 2 atom stereocenters. The zero-order chi connectivity index (χ0) is 17.2. The predicted molar refractivity (Wildman–Crippen MR) is 89.9 cm³/mol. The van der Waals surface area contributed by atoms with Gasteiger partial charge in [-0.25, -0.2) is 4.39 Å². The lowest BCUT2D eigenvalue weighted by atomic mass is 9.99. The first-order valence-corrected chi connectivity index (χ1v) is 8.21. The molecule has 0 saturated carbocycles. The molecule has 2 aromatic carbocycles. The van der Waals surface area contributed by atoms with E-state index in [1.165, 1.54) is 12.1 Å². The summed E-state index contributed by atoms with van der Waals surface area (Å²) < 4.78 is 18.9.